The number of nitriles is 1. The Kier molecular flexibility index (Phi) is 7.20. The fourth-order valence-electron chi connectivity index (χ4n) is 3.10. The molecule has 172 valence electrons. The summed E-state index contributed by atoms with van der Waals surface area (Å²) in [6.07, 6.45) is -7.29. The van der Waals surface area contributed by atoms with Gasteiger partial charge in [-0.3, -0.25) is 0 Å². The lowest BCUT2D eigenvalue weighted by molar-refractivity contribution is -0.143. The molecule has 0 spiro atoms. The first-order valence-electron chi connectivity index (χ1n) is 9.37. The lowest BCUT2D eigenvalue weighted by Gasteiger charge is -2.22. The first-order valence-corrected chi connectivity index (χ1v) is 10.9. The predicted molar refractivity (Wildman–Crippen MR) is 102 cm³/mol. The first-order chi connectivity index (χ1) is 14.2. The van der Waals surface area contributed by atoms with Crippen LogP contribution in [0.3, 0.4) is 0 Å². The molecular weight excluding hydrogens is 448 g/mol. The Morgan fingerprint density at radius 2 is 1.52 bits per heavy atom. The van der Waals surface area contributed by atoms with Crippen LogP contribution in [0.1, 0.15) is 50.7 Å². The Morgan fingerprint density at radius 3 is 1.90 bits per heavy atom. The molecule has 0 aromatic heterocycles. The molecule has 1 aromatic carbocycles. The lowest BCUT2D eigenvalue weighted by Crippen LogP contribution is -2.33. The first kappa shape index (κ1) is 24.8. The van der Waals surface area contributed by atoms with E-state index in [1.54, 1.807) is 0 Å². The molecule has 0 amide bonds. The maximum Gasteiger partial charge on any atom is 0.416 e. The van der Waals surface area contributed by atoms with E-state index in [9.17, 15) is 40.0 Å². The molecule has 12 heteroatoms. The number of hydrogen-bond donors (Lipinski definition) is 2. The van der Waals surface area contributed by atoms with Crippen molar-refractivity contribution in [2.24, 2.45) is 0 Å². The van der Waals surface area contributed by atoms with Gasteiger partial charge in [-0.1, -0.05) is 12.8 Å². The molecule has 0 radical (unpaired) electrons. The van der Waals surface area contributed by atoms with Crippen molar-refractivity contribution in [2.45, 2.75) is 63.2 Å². The third-order valence-corrected chi connectivity index (χ3v) is 6.90. The molecule has 1 aromatic rings. The zero-order valence-electron chi connectivity index (χ0n) is 16.7. The second kappa shape index (κ2) is 8.98. The highest BCUT2D eigenvalue weighted by Crippen LogP contribution is 2.38. The van der Waals surface area contributed by atoms with Gasteiger partial charge in [0.25, 0.3) is 0 Å². The topological polar surface area (TPSA) is 82.0 Å². The zero-order chi connectivity index (χ0) is 23.6. The van der Waals surface area contributed by atoms with E-state index in [2.05, 4.69) is 10.6 Å². The van der Waals surface area contributed by atoms with Crippen molar-refractivity contribution in [2.75, 3.05) is 5.32 Å². The molecular formula is C19H21F6N3O2S. The Bertz CT molecular complexity index is 953. The van der Waals surface area contributed by atoms with Gasteiger partial charge >= 0.3 is 12.4 Å². The van der Waals surface area contributed by atoms with Crippen LogP contribution < -0.4 is 10.6 Å². The minimum Gasteiger partial charge on any atom is -0.367 e. The lowest BCUT2D eigenvalue weighted by atomic mass is 10.1. The van der Waals surface area contributed by atoms with Crippen LogP contribution >= 0.6 is 0 Å². The number of benzene rings is 1. The fraction of sp³-hybridized carbons (Fsp3) is 0.526. The van der Waals surface area contributed by atoms with Crippen LogP contribution in [0.2, 0.25) is 0 Å². The molecule has 1 aliphatic rings. The molecule has 2 rings (SSSR count). The standard InChI is InChI=1S/C19H21F6N3O2S/c1-11(2)31(29,30)16(10-26)17(27-14-5-3-4-6-14)28-15-8-12(18(20,21)22)7-13(9-15)19(23,24)25/h7-9,11,14,27-28H,3-6H2,1-2H3/b17-16+. The fourth-order valence-corrected chi connectivity index (χ4v) is 4.09. The summed E-state index contributed by atoms with van der Waals surface area (Å²) in [6, 6.07) is 2.09. The van der Waals surface area contributed by atoms with E-state index >= 15 is 0 Å². The van der Waals surface area contributed by atoms with Crippen molar-refractivity contribution < 1.29 is 34.8 Å². The summed E-state index contributed by atoms with van der Waals surface area (Å²) in [4.78, 5) is -0.777. The second-order valence-corrected chi connectivity index (χ2v) is 9.90. The van der Waals surface area contributed by atoms with Gasteiger partial charge < -0.3 is 10.6 Å². The SMILES string of the molecule is CC(C)S(=O)(=O)/C(C#N)=C(/Nc1cc(C(F)(F)F)cc(C(F)(F)F)c1)NC1CCCC1. The van der Waals surface area contributed by atoms with Gasteiger partial charge in [0.15, 0.2) is 14.7 Å². The predicted octanol–water partition coefficient (Wildman–Crippen LogP) is 5.18. The molecule has 0 aliphatic heterocycles. The number of halogens is 6. The van der Waals surface area contributed by atoms with E-state index in [1.165, 1.54) is 19.9 Å². The van der Waals surface area contributed by atoms with E-state index in [-0.39, 0.29) is 12.1 Å². The van der Waals surface area contributed by atoms with Crippen LogP contribution in [0.5, 0.6) is 0 Å². The van der Waals surface area contributed by atoms with Crippen molar-refractivity contribution in [3.8, 4) is 6.07 Å². The van der Waals surface area contributed by atoms with E-state index in [0.717, 1.165) is 12.8 Å². The minimum absolute atomic E-state index is 0.0327. The summed E-state index contributed by atoms with van der Waals surface area (Å²) in [5.41, 5.74) is -3.76. The van der Waals surface area contributed by atoms with Gasteiger partial charge in [-0.15, -0.1) is 0 Å². The zero-order valence-corrected chi connectivity index (χ0v) is 17.5. The van der Waals surface area contributed by atoms with Crippen molar-refractivity contribution in [3.63, 3.8) is 0 Å². The summed E-state index contributed by atoms with van der Waals surface area (Å²) in [5, 5.41) is 13.5. The molecule has 0 atom stereocenters. The van der Waals surface area contributed by atoms with E-state index in [0.29, 0.717) is 25.0 Å². The molecule has 2 N–H and O–H groups in total. The van der Waals surface area contributed by atoms with Crippen LogP contribution in [0.15, 0.2) is 28.9 Å². The summed E-state index contributed by atoms with van der Waals surface area (Å²) >= 11 is 0. The molecule has 1 fully saturated rings. The average molecular weight is 469 g/mol. The second-order valence-electron chi connectivity index (χ2n) is 7.45. The van der Waals surface area contributed by atoms with Crippen molar-refractivity contribution in [1.29, 1.82) is 5.26 Å². The average Bonchev–Trinajstić information content (AvgIpc) is 3.13. The van der Waals surface area contributed by atoms with Crippen LogP contribution in [-0.2, 0) is 22.2 Å². The largest absolute Gasteiger partial charge is 0.416 e. The highest BCUT2D eigenvalue weighted by molar-refractivity contribution is 7.96. The van der Waals surface area contributed by atoms with Crippen LogP contribution in [-0.4, -0.2) is 19.7 Å². The van der Waals surface area contributed by atoms with Gasteiger partial charge in [0.1, 0.15) is 11.9 Å². The Morgan fingerprint density at radius 1 is 1.03 bits per heavy atom. The summed E-state index contributed by atoms with van der Waals surface area (Å²) in [7, 11) is -4.18. The third-order valence-electron chi connectivity index (χ3n) is 4.79. The molecule has 0 saturated heterocycles. The molecule has 0 heterocycles. The number of anilines is 1. The number of alkyl halides is 6. The van der Waals surface area contributed by atoms with Crippen LogP contribution in [0.4, 0.5) is 32.0 Å². The maximum atomic E-state index is 13.1. The summed E-state index contributed by atoms with van der Waals surface area (Å²) < 4.78 is 104. The highest BCUT2D eigenvalue weighted by atomic mass is 32.2. The van der Waals surface area contributed by atoms with Gasteiger partial charge in [0.05, 0.1) is 16.4 Å². The normalized spacial score (nSPS) is 16.8. The number of rotatable bonds is 6. The molecule has 31 heavy (non-hydrogen) atoms. The van der Waals surface area contributed by atoms with Gasteiger partial charge in [-0.2, -0.15) is 31.6 Å². The smallest absolute Gasteiger partial charge is 0.367 e. The maximum absolute atomic E-state index is 13.1. The minimum atomic E-state index is -5.07. The highest BCUT2D eigenvalue weighted by Gasteiger charge is 2.37. The van der Waals surface area contributed by atoms with Crippen LogP contribution in [0.25, 0.3) is 0 Å². The third kappa shape index (κ3) is 6.06. The van der Waals surface area contributed by atoms with E-state index in [4.69, 9.17) is 0 Å². The number of allylic oxidation sites excluding steroid dienone is 1. The van der Waals surface area contributed by atoms with E-state index < -0.39 is 55.0 Å². The monoisotopic (exact) mass is 469 g/mol. The Balaban J connectivity index is 2.64. The number of sulfone groups is 1. The van der Waals surface area contributed by atoms with Gasteiger partial charge in [0.2, 0.25) is 0 Å². The van der Waals surface area contributed by atoms with Crippen molar-refractivity contribution in [3.05, 3.63) is 40.1 Å². The summed E-state index contributed by atoms with van der Waals surface area (Å²) in [6.45, 7) is 2.62. The molecule has 0 unspecified atom stereocenters. The Hall–Kier alpha value is -2.42. The number of nitrogens with zero attached hydrogens (tertiary/aromatic N) is 1. The van der Waals surface area contributed by atoms with Crippen molar-refractivity contribution >= 4 is 15.5 Å². The molecule has 1 saturated carbocycles. The number of hydrogen-bond acceptors (Lipinski definition) is 5. The summed E-state index contributed by atoms with van der Waals surface area (Å²) in [5.74, 6) is -0.435. The Labute approximate surface area is 176 Å². The molecule has 5 nitrogen and oxygen atoms in total. The van der Waals surface area contributed by atoms with Gasteiger partial charge in [-0.05, 0) is 44.9 Å². The van der Waals surface area contributed by atoms with Crippen molar-refractivity contribution in [1.82, 2.24) is 5.32 Å². The van der Waals surface area contributed by atoms with Crippen LogP contribution in [0, 0.1) is 11.3 Å². The molecule has 1 aliphatic carbocycles. The molecule has 0 bridgehead atoms. The van der Waals surface area contributed by atoms with E-state index in [1.807, 2.05) is 0 Å². The quantitative estimate of drug-likeness (QED) is 0.443. The number of nitrogens with one attached hydrogen (secondary N) is 2. The van der Waals surface area contributed by atoms with Gasteiger partial charge in [-0.25, -0.2) is 8.42 Å². The van der Waals surface area contributed by atoms with Gasteiger partial charge in [0, 0.05) is 11.7 Å².